The molecule has 0 aromatic rings. The molecule has 3 N–H and O–H groups in total. The van der Waals surface area contributed by atoms with Crippen LogP contribution in [0, 0.1) is 16.7 Å². The predicted molar refractivity (Wildman–Crippen MR) is 98.3 cm³/mol. The Morgan fingerprint density at radius 1 is 1.42 bits per heavy atom. The van der Waals surface area contributed by atoms with Gasteiger partial charge in [-0.15, -0.1) is 0 Å². The number of piperidine rings is 1. The zero-order valence-corrected chi connectivity index (χ0v) is 16.2. The molecular weight excluding hydrogens is 300 g/mol. The molecule has 1 fully saturated rings. The van der Waals surface area contributed by atoms with Crippen molar-refractivity contribution in [3.05, 3.63) is 0 Å². The molecule has 0 aliphatic carbocycles. The molecular formula is C19H36N4O. The van der Waals surface area contributed by atoms with Gasteiger partial charge in [-0.25, -0.2) is 0 Å². The van der Waals surface area contributed by atoms with Crippen LogP contribution in [0.1, 0.15) is 73.1 Å². The summed E-state index contributed by atoms with van der Waals surface area (Å²) in [5.74, 6) is -0.189. The summed E-state index contributed by atoms with van der Waals surface area (Å²) < 4.78 is 0. The minimum absolute atomic E-state index is 0.00814. The van der Waals surface area contributed by atoms with Gasteiger partial charge in [0, 0.05) is 12.6 Å². The second kappa shape index (κ2) is 8.82. The summed E-state index contributed by atoms with van der Waals surface area (Å²) in [5.41, 5.74) is 5.30. The molecule has 1 aliphatic rings. The number of nitrogens with zero attached hydrogens (tertiary/aromatic N) is 2. The Balaban J connectivity index is 2.79. The van der Waals surface area contributed by atoms with Gasteiger partial charge >= 0.3 is 0 Å². The molecule has 1 saturated heterocycles. The lowest BCUT2D eigenvalue weighted by atomic mass is 9.81. The van der Waals surface area contributed by atoms with Crippen molar-refractivity contribution in [2.45, 2.75) is 90.8 Å². The molecule has 1 aliphatic heterocycles. The molecule has 1 rings (SSSR count). The summed E-state index contributed by atoms with van der Waals surface area (Å²) >= 11 is 0. The van der Waals surface area contributed by atoms with E-state index in [4.69, 9.17) is 5.73 Å². The van der Waals surface area contributed by atoms with Crippen LogP contribution >= 0.6 is 0 Å². The minimum atomic E-state index is -0.767. The summed E-state index contributed by atoms with van der Waals surface area (Å²) in [6.07, 6.45) is 5.25. The Morgan fingerprint density at radius 2 is 2.08 bits per heavy atom. The lowest BCUT2D eigenvalue weighted by Crippen LogP contribution is -2.60. The topological polar surface area (TPSA) is 82.1 Å². The zero-order chi connectivity index (χ0) is 18.4. The summed E-state index contributed by atoms with van der Waals surface area (Å²) in [6.45, 7) is 12.5. The van der Waals surface area contributed by atoms with Crippen LogP contribution in [0.3, 0.4) is 0 Å². The van der Waals surface area contributed by atoms with Crippen molar-refractivity contribution >= 4 is 5.91 Å². The molecule has 0 spiro atoms. The highest BCUT2D eigenvalue weighted by Crippen LogP contribution is 2.30. The maximum Gasteiger partial charge on any atom is 0.238 e. The minimum Gasteiger partial charge on any atom is -0.336 e. The van der Waals surface area contributed by atoms with Crippen molar-refractivity contribution in [2.24, 2.45) is 11.1 Å². The number of carbonyl (C=O) groups excluding carboxylic acids is 1. The highest BCUT2D eigenvalue weighted by Gasteiger charge is 2.41. The Morgan fingerprint density at radius 3 is 2.58 bits per heavy atom. The Bertz CT molecular complexity index is 451. The first-order valence-corrected chi connectivity index (χ1v) is 9.39. The van der Waals surface area contributed by atoms with Gasteiger partial charge in [-0.3, -0.25) is 4.79 Å². The van der Waals surface area contributed by atoms with Crippen LogP contribution in [0.4, 0.5) is 0 Å². The van der Waals surface area contributed by atoms with Gasteiger partial charge in [0.25, 0.3) is 0 Å². The SMILES string of the molecule is CCCC1CC(C#N)(NC(=O)C(N)CC(C)(C)C)CCN1CCC. The Labute approximate surface area is 148 Å². The van der Waals surface area contributed by atoms with Crippen LogP contribution in [0.5, 0.6) is 0 Å². The van der Waals surface area contributed by atoms with E-state index in [1.165, 1.54) is 0 Å². The monoisotopic (exact) mass is 336 g/mol. The molecule has 5 heteroatoms. The number of likely N-dealkylation sites (tertiary alicyclic amines) is 1. The fourth-order valence-corrected chi connectivity index (χ4v) is 3.67. The second-order valence-electron chi connectivity index (χ2n) is 8.49. The van der Waals surface area contributed by atoms with Crippen LogP contribution < -0.4 is 11.1 Å². The predicted octanol–water partition coefficient (Wildman–Crippen LogP) is 2.80. The number of amides is 1. The van der Waals surface area contributed by atoms with Crippen molar-refractivity contribution in [1.29, 1.82) is 5.26 Å². The molecule has 3 unspecified atom stereocenters. The second-order valence-corrected chi connectivity index (χ2v) is 8.49. The van der Waals surface area contributed by atoms with Gasteiger partial charge in [0.15, 0.2) is 0 Å². The molecule has 0 saturated carbocycles. The molecule has 1 amide bonds. The lowest BCUT2D eigenvalue weighted by molar-refractivity contribution is -0.125. The fraction of sp³-hybridized carbons (Fsp3) is 0.895. The smallest absolute Gasteiger partial charge is 0.238 e. The number of rotatable bonds is 7. The molecule has 24 heavy (non-hydrogen) atoms. The normalized spacial score (nSPS) is 26.6. The maximum absolute atomic E-state index is 12.5. The van der Waals surface area contributed by atoms with Crippen LogP contribution in [-0.4, -0.2) is 41.5 Å². The van der Waals surface area contributed by atoms with E-state index < -0.39 is 11.6 Å². The van der Waals surface area contributed by atoms with Gasteiger partial charge in [-0.2, -0.15) is 5.26 Å². The fourth-order valence-electron chi connectivity index (χ4n) is 3.67. The first kappa shape index (κ1) is 20.9. The van der Waals surface area contributed by atoms with Crippen molar-refractivity contribution in [1.82, 2.24) is 10.2 Å². The van der Waals surface area contributed by atoms with E-state index in [0.717, 1.165) is 32.4 Å². The van der Waals surface area contributed by atoms with Gasteiger partial charge in [-0.05, 0) is 44.1 Å². The van der Waals surface area contributed by atoms with Gasteiger partial charge in [0.05, 0.1) is 12.1 Å². The van der Waals surface area contributed by atoms with Gasteiger partial charge in [-0.1, -0.05) is 41.0 Å². The van der Waals surface area contributed by atoms with Crippen molar-refractivity contribution in [2.75, 3.05) is 13.1 Å². The molecule has 0 radical (unpaired) electrons. The summed E-state index contributed by atoms with van der Waals surface area (Å²) in [4.78, 5) is 15.0. The number of hydrogen-bond acceptors (Lipinski definition) is 4. The van der Waals surface area contributed by atoms with Crippen LogP contribution in [0.15, 0.2) is 0 Å². The molecule has 138 valence electrons. The van der Waals surface area contributed by atoms with Crippen molar-refractivity contribution < 1.29 is 4.79 Å². The van der Waals surface area contributed by atoms with Gasteiger partial charge in [0.1, 0.15) is 5.54 Å². The molecule has 5 nitrogen and oxygen atoms in total. The summed E-state index contributed by atoms with van der Waals surface area (Å²) in [5, 5.41) is 12.8. The third kappa shape index (κ3) is 6.07. The highest BCUT2D eigenvalue weighted by molar-refractivity contribution is 5.82. The van der Waals surface area contributed by atoms with E-state index >= 15 is 0 Å². The third-order valence-corrected chi connectivity index (χ3v) is 4.80. The van der Waals surface area contributed by atoms with Crippen LogP contribution in [0.2, 0.25) is 0 Å². The van der Waals surface area contributed by atoms with Gasteiger partial charge in [0.2, 0.25) is 5.91 Å². The first-order chi connectivity index (χ1) is 11.2. The van der Waals surface area contributed by atoms with E-state index in [1.807, 2.05) is 0 Å². The van der Waals surface area contributed by atoms with E-state index in [-0.39, 0.29) is 11.3 Å². The maximum atomic E-state index is 12.5. The quantitative estimate of drug-likeness (QED) is 0.749. The summed E-state index contributed by atoms with van der Waals surface area (Å²) in [7, 11) is 0. The Kier molecular flexibility index (Phi) is 7.69. The number of nitrogens with two attached hydrogens (primary N) is 1. The third-order valence-electron chi connectivity index (χ3n) is 4.80. The first-order valence-electron chi connectivity index (χ1n) is 9.39. The van der Waals surface area contributed by atoms with Crippen molar-refractivity contribution in [3.63, 3.8) is 0 Å². The molecule has 1 heterocycles. The van der Waals surface area contributed by atoms with E-state index in [0.29, 0.717) is 25.3 Å². The number of nitriles is 1. The largest absolute Gasteiger partial charge is 0.336 e. The Hall–Kier alpha value is -1.12. The standard InChI is InChI=1S/C19H36N4O/c1-6-8-15-12-19(14-20,9-11-23(15)10-7-2)22-17(24)16(21)13-18(3,4)5/h15-16H,6-13,21H2,1-5H3,(H,22,24). The van der Waals surface area contributed by atoms with Crippen LogP contribution in [0.25, 0.3) is 0 Å². The van der Waals surface area contributed by atoms with Crippen molar-refractivity contribution in [3.8, 4) is 6.07 Å². The van der Waals surface area contributed by atoms with Crippen LogP contribution in [-0.2, 0) is 4.79 Å². The number of carbonyl (C=O) groups is 1. The van der Waals surface area contributed by atoms with E-state index in [9.17, 15) is 10.1 Å². The molecule has 0 aromatic heterocycles. The lowest BCUT2D eigenvalue weighted by Gasteiger charge is -2.44. The average molecular weight is 337 g/mol. The number of nitrogens with one attached hydrogen (secondary N) is 1. The van der Waals surface area contributed by atoms with Gasteiger partial charge < -0.3 is 16.0 Å². The highest BCUT2D eigenvalue weighted by atomic mass is 16.2. The average Bonchev–Trinajstić information content (AvgIpc) is 2.48. The van der Waals surface area contributed by atoms with E-state index in [1.54, 1.807) is 0 Å². The zero-order valence-electron chi connectivity index (χ0n) is 16.2. The molecule has 3 atom stereocenters. The number of hydrogen-bond donors (Lipinski definition) is 2. The van der Waals surface area contributed by atoms with E-state index in [2.05, 4.69) is 50.9 Å². The molecule has 0 bridgehead atoms. The molecule has 0 aromatic carbocycles. The summed E-state index contributed by atoms with van der Waals surface area (Å²) in [6, 6.07) is 2.20.